The summed E-state index contributed by atoms with van der Waals surface area (Å²) < 4.78 is 35.0. The number of sulfonamides is 1. The Bertz CT molecular complexity index is 1590. The Labute approximate surface area is 270 Å². The van der Waals surface area contributed by atoms with Crippen LogP contribution in [0.1, 0.15) is 55.7 Å². The van der Waals surface area contributed by atoms with E-state index in [9.17, 15) is 18.0 Å². The summed E-state index contributed by atoms with van der Waals surface area (Å²) in [5, 5.41) is 3.86. The van der Waals surface area contributed by atoms with Crippen molar-refractivity contribution in [2.45, 2.75) is 76.4 Å². The van der Waals surface area contributed by atoms with Gasteiger partial charge in [0.25, 0.3) is 10.0 Å². The number of nitrogens with one attached hydrogen (secondary N) is 1. The summed E-state index contributed by atoms with van der Waals surface area (Å²) in [5.74, 6) is -0.604. The first kappa shape index (κ1) is 33.6. The number of ether oxygens (including phenoxy) is 1. The van der Waals surface area contributed by atoms with Crippen molar-refractivity contribution in [3.8, 4) is 5.75 Å². The molecule has 1 aliphatic rings. The monoisotopic (exact) mass is 659 g/mol. The molecule has 2 amide bonds. The molecule has 0 unspecified atom stereocenters. The molecule has 1 aliphatic carbocycles. The Balaban J connectivity index is 1.75. The van der Waals surface area contributed by atoms with Gasteiger partial charge in [0, 0.05) is 22.6 Å². The van der Waals surface area contributed by atoms with Crippen LogP contribution in [0.5, 0.6) is 5.75 Å². The molecule has 3 aromatic rings. The summed E-state index contributed by atoms with van der Waals surface area (Å²) in [4.78, 5) is 29.2. The molecule has 4 rings (SSSR count). The third-order valence-electron chi connectivity index (χ3n) is 7.97. The maximum Gasteiger partial charge on any atom is 0.264 e. The molecule has 0 heterocycles. The Morgan fingerprint density at radius 3 is 2.25 bits per heavy atom. The molecule has 0 spiro atoms. The van der Waals surface area contributed by atoms with Crippen molar-refractivity contribution in [3.63, 3.8) is 0 Å². The number of hydrogen-bond donors (Lipinski definition) is 1. The number of anilines is 1. The molecule has 1 fully saturated rings. The molecule has 1 atom stereocenters. The SMILES string of the molecule is COc1ccc(C)cc1N(CC(=O)N(Cc1ccc(Cl)cc1Cl)[C@@H](C)C(=O)NC1CCCCC1)S(=O)(=O)c1ccc(C)cc1. The molecule has 0 bridgehead atoms. The van der Waals surface area contributed by atoms with E-state index in [1.54, 1.807) is 55.5 Å². The van der Waals surface area contributed by atoms with Crippen molar-refractivity contribution in [1.82, 2.24) is 10.2 Å². The number of hydrogen-bond acceptors (Lipinski definition) is 5. The summed E-state index contributed by atoms with van der Waals surface area (Å²) in [5.41, 5.74) is 2.46. The standard InChI is InChI=1S/C33H39Cl2N3O5S/c1-22-10-15-28(16-11-22)44(41,42)38(30-18-23(2)12-17-31(30)43-4)21-32(39)37(20-25-13-14-26(34)19-29(25)35)24(3)33(40)36-27-8-6-5-7-9-27/h10-19,24,27H,5-9,20-21H2,1-4H3,(H,36,40)/t24-/m0/s1. The average Bonchev–Trinajstić information content (AvgIpc) is 2.99. The number of aryl methyl sites for hydroxylation is 2. The van der Waals surface area contributed by atoms with Crippen LogP contribution >= 0.6 is 23.2 Å². The van der Waals surface area contributed by atoms with E-state index in [-0.39, 0.29) is 34.8 Å². The fraction of sp³-hybridized carbons (Fsp3) is 0.394. The molecule has 236 valence electrons. The molecule has 3 aromatic carbocycles. The van der Waals surface area contributed by atoms with Gasteiger partial charge in [0.05, 0.1) is 17.7 Å². The minimum absolute atomic E-state index is 0.0230. The van der Waals surface area contributed by atoms with Crippen LogP contribution in [0.15, 0.2) is 65.6 Å². The molecule has 0 radical (unpaired) electrons. The van der Waals surface area contributed by atoms with Gasteiger partial charge in [-0.05, 0) is 81.1 Å². The molecule has 1 N–H and O–H groups in total. The summed E-state index contributed by atoms with van der Waals surface area (Å²) in [6, 6.07) is 15.6. The lowest BCUT2D eigenvalue weighted by Crippen LogP contribution is -2.53. The largest absolute Gasteiger partial charge is 0.495 e. The lowest BCUT2D eigenvalue weighted by molar-refractivity contribution is -0.139. The molecular formula is C33H39Cl2N3O5S. The quantitative estimate of drug-likeness (QED) is 0.248. The van der Waals surface area contributed by atoms with Crippen LogP contribution in [0.2, 0.25) is 10.0 Å². The van der Waals surface area contributed by atoms with Gasteiger partial charge in [-0.15, -0.1) is 0 Å². The number of benzene rings is 3. The minimum Gasteiger partial charge on any atom is -0.495 e. The van der Waals surface area contributed by atoms with Gasteiger partial charge in [-0.3, -0.25) is 13.9 Å². The van der Waals surface area contributed by atoms with Gasteiger partial charge >= 0.3 is 0 Å². The van der Waals surface area contributed by atoms with E-state index >= 15 is 0 Å². The van der Waals surface area contributed by atoms with E-state index in [2.05, 4.69) is 5.32 Å². The number of halogens is 2. The van der Waals surface area contributed by atoms with Crippen LogP contribution in [-0.4, -0.2) is 50.9 Å². The zero-order chi connectivity index (χ0) is 32.0. The van der Waals surface area contributed by atoms with Crippen molar-refractivity contribution in [3.05, 3.63) is 87.4 Å². The fourth-order valence-corrected chi connectivity index (χ4v) is 7.22. The van der Waals surface area contributed by atoms with Crippen LogP contribution in [0.4, 0.5) is 5.69 Å². The lowest BCUT2D eigenvalue weighted by Gasteiger charge is -2.33. The second kappa shape index (κ2) is 14.7. The van der Waals surface area contributed by atoms with Crippen LogP contribution in [0.3, 0.4) is 0 Å². The molecule has 44 heavy (non-hydrogen) atoms. The number of amides is 2. The number of nitrogens with zero attached hydrogens (tertiary/aromatic N) is 2. The smallest absolute Gasteiger partial charge is 0.264 e. The van der Waals surface area contributed by atoms with Gasteiger partial charge in [-0.25, -0.2) is 8.42 Å². The van der Waals surface area contributed by atoms with Gasteiger partial charge < -0.3 is 15.0 Å². The molecule has 0 aromatic heterocycles. The van der Waals surface area contributed by atoms with Crippen molar-refractivity contribution in [1.29, 1.82) is 0 Å². The minimum atomic E-state index is -4.24. The summed E-state index contributed by atoms with van der Waals surface area (Å²) in [6.07, 6.45) is 4.96. The first-order chi connectivity index (χ1) is 20.9. The fourth-order valence-electron chi connectivity index (χ4n) is 5.33. The van der Waals surface area contributed by atoms with Crippen molar-refractivity contribution < 1.29 is 22.7 Å². The van der Waals surface area contributed by atoms with Gasteiger partial charge in [0.2, 0.25) is 11.8 Å². The highest BCUT2D eigenvalue weighted by molar-refractivity contribution is 7.92. The molecule has 1 saturated carbocycles. The van der Waals surface area contributed by atoms with Gasteiger partial charge in [-0.2, -0.15) is 0 Å². The predicted molar refractivity (Wildman–Crippen MR) is 175 cm³/mol. The molecule has 8 nitrogen and oxygen atoms in total. The zero-order valence-corrected chi connectivity index (χ0v) is 27.8. The topological polar surface area (TPSA) is 96.0 Å². The Hall–Kier alpha value is -3.27. The van der Waals surface area contributed by atoms with Crippen molar-refractivity contribution >= 4 is 50.7 Å². The van der Waals surface area contributed by atoms with Gasteiger partial charge in [0.1, 0.15) is 18.3 Å². The summed E-state index contributed by atoms with van der Waals surface area (Å²) in [6.45, 7) is 4.72. The highest BCUT2D eigenvalue weighted by Gasteiger charge is 2.34. The Morgan fingerprint density at radius 2 is 1.61 bits per heavy atom. The first-order valence-electron chi connectivity index (χ1n) is 14.7. The maximum atomic E-state index is 14.3. The second-order valence-corrected chi connectivity index (χ2v) is 14.0. The maximum absolute atomic E-state index is 14.3. The Morgan fingerprint density at radius 1 is 0.955 bits per heavy atom. The van der Waals surface area contributed by atoms with Crippen LogP contribution in [0, 0.1) is 13.8 Å². The number of carbonyl (C=O) groups is 2. The van der Waals surface area contributed by atoms with Crippen LogP contribution in [-0.2, 0) is 26.2 Å². The van der Waals surface area contributed by atoms with E-state index < -0.39 is 28.5 Å². The molecule has 0 saturated heterocycles. The second-order valence-electron chi connectivity index (χ2n) is 11.3. The van der Waals surface area contributed by atoms with E-state index in [4.69, 9.17) is 27.9 Å². The number of rotatable bonds is 11. The normalized spacial score (nSPS) is 14.5. The lowest BCUT2D eigenvalue weighted by atomic mass is 9.95. The highest BCUT2D eigenvalue weighted by atomic mass is 35.5. The zero-order valence-electron chi connectivity index (χ0n) is 25.5. The van der Waals surface area contributed by atoms with E-state index in [1.165, 1.54) is 24.1 Å². The van der Waals surface area contributed by atoms with E-state index in [0.29, 0.717) is 15.6 Å². The van der Waals surface area contributed by atoms with Crippen LogP contribution in [0.25, 0.3) is 0 Å². The number of methoxy groups -OCH3 is 1. The summed E-state index contributed by atoms with van der Waals surface area (Å²) >= 11 is 12.6. The molecule has 11 heteroatoms. The van der Waals surface area contributed by atoms with E-state index in [1.807, 2.05) is 13.8 Å². The van der Waals surface area contributed by atoms with Crippen LogP contribution < -0.4 is 14.4 Å². The predicted octanol–water partition coefficient (Wildman–Crippen LogP) is 6.68. The van der Waals surface area contributed by atoms with Gasteiger partial charge in [0.15, 0.2) is 0 Å². The Kier molecular flexibility index (Phi) is 11.2. The van der Waals surface area contributed by atoms with E-state index in [0.717, 1.165) is 47.5 Å². The average molecular weight is 661 g/mol. The van der Waals surface area contributed by atoms with Gasteiger partial charge in [-0.1, -0.05) is 72.3 Å². The third-order valence-corrected chi connectivity index (χ3v) is 10.3. The molecule has 0 aliphatic heterocycles. The third kappa shape index (κ3) is 8.06. The first-order valence-corrected chi connectivity index (χ1v) is 16.9. The number of carbonyl (C=O) groups excluding carboxylic acids is 2. The molecular weight excluding hydrogens is 621 g/mol. The highest BCUT2D eigenvalue weighted by Crippen LogP contribution is 2.34. The summed E-state index contributed by atoms with van der Waals surface area (Å²) in [7, 11) is -2.80. The van der Waals surface area contributed by atoms with Crippen molar-refractivity contribution in [2.75, 3.05) is 18.0 Å². The van der Waals surface area contributed by atoms with Crippen molar-refractivity contribution in [2.24, 2.45) is 0 Å².